The number of carbonyl (C=O) groups excluding carboxylic acids is 2. The van der Waals surface area contributed by atoms with Gasteiger partial charge in [0.05, 0.1) is 32.1 Å². The number of aliphatic carboxylic acids is 1. The molecule has 2 aromatic rings. The van der Waals surface area contributed by atoms with Gasteiger partial charge >= 0.3 is 5.97 Å². The van der Waals surface area contributed by atoms with Gasteiger partial charge in [0.15, 0.2) is 17.2 Å². The van der Waals surface area contributed by atoms with E-state index in [2.05, 4.69) is 36.0 Å². The first-order valence-corrected chi connectivity index (χ1v) is 15.9. The third-order valence-corrected chi connectivity index (χ3v) is 8.30. The number of nitrogens with zero attached hydrogens (tertiary/aromatic N) is 3. The summed E-state index contributed by atoms with van der Waals surface area (Å²) in [4.78, 5) is 45.9. The summed E-state index contributed by atoms with van der Waals surface area (Å²) in [5.74, 6) is 0.104. The zero-order valence-corrected chi connectivity index (χ0v) is 27.8. The molecule has 46 heavy (non-hydrogen) atoms. The molecule has 1 saturated heterocycles. The molecule has 1 atom stereocenters. The number of fused-ring (bicyclic) bond motifs is 1. The predicted molar refractivity (Wildman–Crippen MR) is 175 cm³/mol. The summed E-state index contributed by atoms with van der Waals surface area (Å²) >= 11 is 0. The number of hydrogen-bond acceptors (Lipinski definition) is 9. The molecule has 2 aliphatic rings. The number of Topliss-reactive ketones (excluding diaryl/α,β-unsaturated/α-hetero) is 1. The summed E-state index contributed by atoms with van der Waals surface area (Å²) in [6.45, 7) is 11.2. The highest BCUT2D eigenvalue weighted by Crippen LogP contribution is 2.42. The minimum Gasteiger partial charge on any atom is -0.491 e. The Labute approximate surface area is 270 Å². The standard InChI is InChI=1S/C34H47N5O7/c1-7-45-27-16-23-18-39(32(35)29(23)37-30(27)33(43)36-5)19-26(40)22-14-24(34(2,3)4)31(46-13-9-8-10-28(41)42)25(15-22)38-12-11-21(17-38)20-44-6/h14-16,21,35H,7-13,17-20H2,1-6H3,(H,36,43)(H,41,42). The van der Waals surface area contributed by atoms with Crippen LogP contribution in [0.1, 0.15) is 91.0 Å². The lowest BCUT2D eigenvalue weighted by Crippen LogP contribution is -2.31. The van der Waals surface area contributed by atoms with E-state index in [0.717, 1.165) is 36.3 Å². The Kier molecular flexibility index (Phi) is 11.3. The van der Waals surface area contributed by atoms with Crippen LogP contribution in [0.4, 0.5) is 5.69 Å². The minimum atomic E-state index is -0.827. The van der Waals surface area contributed by atoms with Crippen LogP contribution in [0.2, 0.25) is 0 Å². The average molecular weight is 638 g/mol. The van der Waals surface area contributed by atoms with E-state index in [1.54, 1.807) is 18.1 Å². The molecular weight excluding hydrogens is 590 g/mol. The summed E-state index contributed by atoms with van der Waals surface area (Å²) in [7, 11) is 3.21. The van der Waals surface area contributed by atoms with Gasteiger partial charge in [0.25, 0.3) is 5.91 Å². The fraction of sp³-hybridized carbons (Fsp3) is 0.559. The number of hydrogen-bond donors (Lipinski definition) is 3. The van der Waals surface area contributed by atoms with Crippen molar-refractivity contribution in [2.75, 3.05) is 58.5 Å². The van der Waals surface area contributed by atoms with E-state index in [1.165, 1.54) is 7.05 Å². The van der Waals surface area contributed by atoms with Crippen molar-refractivity contribution in [3.05, 3.63) is 46.3 Å². The third-order valence-electron chi connectivity index (χ3n) is 8.30. The molecule has 0 bridgehead atoms. The second-order valence-corrected chi connectivity index (χ2v) is 12.9. The van der Waals surface area contributed by atoms with Gasteiger partial charge in [-0.25, -0.2) is 4.98 Å². The van der Waals surface area contributed by atoms with Crippen LogP contribution in [0.15, 0.2) is 18.2 Å². The maximum Gasteiger partial charge on any atom is 0.303 e. The van der Waals surface area contributed by atoms with Crippen LogP contribution >= 0.6 is 0 Å². The molecule has 3 heterocycles. The maximum atomic E-state index is 14.0. The second kappa shape index (κ2) is 14.9. The zero-order chi connectivity index (χ0) is 33.6. The molecule has 2 aliphatic heterocycles. The van der Waals surface area contributed by atoms with Gasteiger partial charge in [-0.3, -0.25) is 19.8 Å². The number of ether oxygens (including phenoxy) is 3. The van der Waals surface area contributed by atoms with E-state index in [0.29, 0.717) is 67.9 Å². The molecule has 12 heteroatoms. The number of methoxy groups -OCH3 is 1. The Morgan fingerprint density at radius 1 is 1.15 bits per heavy atom. The number of pyridine rings is 1. The quantitative estimate of drug-likeness (QED) is 0.191. The lowest BCUT2D eigenvalue weighted by Gasteiger charge is -2.30. The Hall–Kier alpha value is -4.19. The predicted octanol–water partition coefficient (Wildman–Crippen LogP) is 4.27. The average Bonchev–Trinajstić information content (AvgIpc) is 3.59. The molecular formula is C34H47N5O7. The number of aromatic nitrogens is 1. The highest BCUT2D eigenvalue weighted by Gasteiger charge is 2.33. The van der Waals surface area contributed by atoms with E-state index in [-0.39, 0.29) is 35.7 Å². The smallest absolute Gasteiger partial charge is 0.303 e. The van der Waals surface area contributed by atoms with Gasteiger partial charge in [-0.05, 0) is 49.8 Å². The van der Waals surface area contributed by atoms with E-state index >= 15 is 0 Å². The highest BCUT2D eigenvalue weighted by atomic mass is 16.5. The molecule has 0 spiro atoms. The van der Waals surface area contributed by atoms with Crippen molar-refractivity contribution < 1.29 is 33.7 Å². The number of amides is 1. The molecule has 1 amide bonds. The molecule has 3 N–H and O–H groups in total. The number of ketones is 1. The number of unbranched alkanes of at least 4 members (excludes halogenated alkanes) is 1. The van der Waals surface area contributed by atoms with Crippen molar-refractivity contribution in [1.82, 2.24) is 15.2 Å². The van der Waals surface area contributed by atoms with Crippen LogP contribution in [0.5, 0.6) is 11.5 Å². The Bertz CT molecular complexity index is 1470. The number of carboxylic acid groups (broad SMARTS) is 1. The molecule has 0 radical (unpaired) electrons. The van der Waals surface area contributed by atoms with Gasteiger partial charge in [0.1, 0.15) is 17.3 Å². The van der Waals surface area contributed by atoms with Crippen LogP contribution in [0.3, 0.4) is 0 Å². The summed E-state index contributed by atoms with van der Waals surface area (Å²) in [5, 5.41) is 20.4. The summed E-state index contributed by atoms with van der Waals surface area (Å²) in [6.07, 6.45) is 2.15. The molecule has 0 saturated carbocycles. The molecule has 12 nitrogen and oxygen atoms in total. The zero-order valence-electron chi connectivity index (χ0n) is 27.8. The Balaban J connectivity index is 1.65. The lowest BCUT2D eigenvalue weighted by molar-refractivity contribution is -0.137. The highest BCUT2D eigenvalue weighted by molar-refractivity contribution is 6.06. The molecule has 1 fully saturated rings. The van der Waals surface area contributed by atoms with E-state index < -0.39 is 11.9 Å². The van der Waals surface area contributed by atoms with Crippen molar-refractivity contribution in [3.8, 4) is 11.5 Å². The van der Waals surface area contributed by atoms with Crippen LogP contribution < -0.4 is 19.7 Å². The first-order valence-electron chi connectivity index (χ1n) is 15.9. The minimum absolute atomic E-state index is 0.0425. The number of carboxylic acids is 1. The number of benzene rings is 1. The van der Waals surface area contributed by atoms with Crippen molar-refractivity contribution in [2.45, 2.75) is 65.3 Å². The monoisotopic (exact) mass is 637 g/mol. The molecule has 0 aliphatic carbocycles. The van der Waals surface area contributed by atoms with E-state index in [9.17, 15) is 14.4 Å². The van der Waals surface area contributed by atoms with Crippen molar-refractivity contribution >= 4 is 29.2 Å². The van der Waals surface area contributed by atoms with E-state index in [1.807, 2.05) is 19.1 Å². The third kappa shape index (κ3) is 7.96. The summed E-state index contributed by atoms with van der Waals surface area (Å²) < 4.78 is 17.5. The fourth-order valence-electron chi connectivity index (χ4n) is 5.93. The first kappa shape index (κ1) is 34.7. The van der Waals surface area contributed by atoms with Crippen LogP contribution in [-0.4, -0.2) is 92.1 Å². The normalized spacial score (nSPS) is 16.0. The Morgan fingerprint density at radius 3 is 2.57 bits per heavy atom. The number of carbonyl (C=O) groups is 3. The summed E-state index contributed by atoms with van der Waals surface area (Å²) in [6, 6.07) is 5.52. The molecule has 1 aromatic carbocycles. The number of amidine groups is 1. The second-order valence-electron chi connectivity index (χ2n) is 12.9. The van der Waals surface area contributed by atoms with Gasteiger partial charge in [-0.15, -0.1) is 0 Å². The number of nitrogens with one attached hydrogen (secondary N) is 2. The Morgan fingerprint density at radius 2 is 1.91 bits per heavy atom. The maximum absolute atomic E-state index is 14.0. The lowest BCUT2D eigenvalue weighted by atomic mass is 9.84. The van der Waals surface area contributed by atoms with Crippen LogP contribution in [0, 0.1) is 11.3 Å². The first-order chi connectivity index (χ1) is 21.9. The molecule has 1 unspecified atom stereocenters. The van der Waals surface area contributed by atoms with Gasteiger partial charge < -0.3 is 34.4 Å². The van der Waals surface area contributed by atoms with Gasteiger partial charge in [-0.1, -0.05) is 20.8 Å². The SMILES string of the molecule is CCOc1cc2c(nc1C(=O)NC)C(=N)N(CC(=O)c1cc(N3CCC(COC)C3)c(OCCCCC(=O)O)c(C(C)(C)C)c1)C2. The van der Waals surface area contributed by atoms with Gasteiger partial charge in [0, 0.05) is 62.8 Å². The molecule has 4 rings (SSSR count). The van der Waals surface area contributed by atoms with Gasteiger partial charge in [-0.2, -0.15) is 0 Å². The molecule has 1 aromatic heterocycles. The van der Waals surface area contributed by atoms with Crippen LogP contribution in [-0.2, 0) is 21.5 Å². The van der Waals surface area contributed by atoms with Crippen LogP contribution in [0.25, 0.3) is 0 Å². The van der Waals surface area contributed by atoms with E-state index in [4.69, 9.17) is 24.7 Å². The number of anilines is 1. The summed E-state index contributed by atoms with van der Waals surface area (Å²) in [5.41, 5.74) is 3.07. The van der Waals surface area contributed by atoms with Crippen molar-refractivity contribution in [2.24, 2.45) is 5.92 Å². The van der Waals surface area contributed by atoms with Gasteiger partial charge in [0.2, 0.25) is 0 Å². The van der Waals surface area contributed by atoms with Crippen molar-refractivity contribution in [1.29, 1.82) is 5.41 Å². The molecule has 250 valence electrons. The number of rotatable bonds is 15. The van der Waals surface area contributed by atoms with Crippen molar-refractivity contribution in [3.63, 3.8) is 0 Å². The largest absolute Gasteiger partial charge is 0.491 e. The topological polar surface area (TPSA) is 154 Å². The fourth-order valence-corrected chi connectivity index (χ4v) is 5.93.